The molecule has 0 spiro atoms. The van der Waals surface area contributed by atoms with Gasteiger partial charge in [0.25, 0.3) is 0 Å². The maximum absolute atomic E-state index is 5.50. The maximum atomic E-state index is 5.50. The third kappa shape index (κ3) is 1.97. The first kappa shape index (κ1) is 7.61. The molecule has 9 heavy (non-hydrogen) atoms. The van der Waals surface area contributed by atoms with E-state index in [1.165, 1.54) is 11.5 Å². The van der Waals surface area contributed by atoms with Gasteiger partial charge >= 0.3 is 0 Å². The Kier molecular flexibility index (Phi) is 2.22. The zero-order valence-electron chi connectivity index (χ0n) is 4.14. The van der Waals surface area contributed by atoms with Crippen LogP contribution in [0.2, 0.25) is 0 Å². The Morgan fingerprint density at radius 3 is 2.33 bits per heavy atom. The normalized spacial score (nSPS) is 11.9. The predicted molar refractivity (Wildman–Crippen MR) is 41.4 cm³/mol. The van der Waals surface area contributed by atoms with Gasteiger partial charge in [-0.1, -0.05) is 34.8 Å². The molecule has 50 valence electrons. The lowest BCUT2D eigenvalue weighted by atomic mass is 10.5. The number of aromatic nitrogens is 1. The van der Waals surface area contributed by atoms with E-state index in [9.17, 15) is 0 Å². The summed E-state index contributed by atoms with van der Waals surface area (Å²) in [5.41, 5.74) is 0. The van der Waals surface area contributed by atoms with E-state index < -0.39 is 3.79 Å². The highest BCUT2D eigenvalue weighted by Gasteiger charge is 2.23. The molecule has 0 aromatic carbocycles. The highest BCUT2D eigenvalue weighted by Crippen LogP contribution is 2.39. The summed E-state index contributed by atoms with van der Waals surface area (Å²) in [7, 11) is 0. The molecule has 1 aromatic heterocycles. The van der Waals surface area contributed by atoms with E-state index in [4.69, 9.17) is 34.8 Å². The SMILES string of the molecule is ClC(Cl)(Cl)c1ccns1. The molecule has 1 heterocycles. The van der Waals surface area contributed by atoms with Crippen molar-refractivity contribution in [2.75, 3.05) is 0 Å². The predicted octanol–water partition coefficient (Wildman–Crippen LogP) is 2.97. The molecule has 0 amide bonds. The molecular weight excluding hydrogens is 200 g/mol. The lowest BCUT2D eigenvalue weighted by Gasteiger charge is -2.04. The largest absolute Gasteiger partial charge is 0.226 e. The molecule has 0 saturated carbocycles. The summed E-state index contributed by atoms with van der Waals surface area (Å²) >= 11 is 17.7. The van der Waals surface area contributed by atoms with E-state index in [0.29, 0.717) is 4.88 Å². The molecule has 0 atom stereocenters. The smallest absolute Gasteiger partial charge is 0.201 e. The fourth-order valence-corrected chi connectivity index (χ4v) is 1.32. The molecule has 0 N–H and O–H groups in total. The third-order valence-electron chi connectivity index (χ3n) is 0.717. The minimum atomic E-state index is -1.30. The van der Waals surface area contributed by atoms with Crippen LogP contribution in [0.25, 0.3) is 0 Å². The number of alkyl halides is 3. The molecule has 0 aliphatic carbocycles. The van der Waals surface area contributed by atoms with Gasteiger partial charge in [-0.2, -0.15) is 0 Å². The number of rotatable bonds is 0. The van der Waals surface area contributed by atoms with Crippen molar-refractivity contribution in [1.82, 2.24) is 4.37 Å². The van der Waals surface area contributed by atoms with Gasteiger partial charge < -0.3 is 0 Å². The second kappa shape index (κ2) is 2.62. The van der Waals surface area contributed by atoms with E-state index in [-0.39, 0.29) is 0 Å². The molecule has 0 aliphatic heterocycles. The second-order valence-electron chi connectivity index (χ2n) is 1.37. The van der Waals surface area contributed by atoms with Gasteiger partial charge in [-0.15, -0.1) is 0 Å². The molecule has 1 aromatic rings. The van der Waals surface area contributed by atoms with Gasteiger partial charge in [-0.25, -0.2) is 4.37 Å². The molecule has 0 aliphatic rings. The molecule has 5 heteroatoms. The van der Waals surface area contributed by atoms with Gasteiger partial charge in [0.15, 0.2) is 0 Å². The number of hydrogen-bond acceptors (Lipinski definition) is 2. The molecule has 0 saturated heterocycles. The van der Waals surface area contributed by atoms with E-state index >= 15 is 0 Å². The highest BCUT2D eigenvalue weighted by atomic mass is 35.6. The molecular formula is C4H2Cl3NS. The van der Waals surface area contributed by atoms with Crippen molar-refractivity contribution in [3.05, 3.63) is 17.1 Å². The second-order valence-corrected chi connectivity index (χ2v) is 4.49. The van der Waals surface area contributed by atoms with Gasteiger partial charge in [-0.3, -0.25) is 0 Å². The van der Waals surface area contributed by atoms with Crippen molar-refractivity contribution in [2.45, 2.75) is 3.79 Å². The summed E-state index contributed by atoms with van der Waals surface area (Å²) in [5, 5.41) is 0. The summed E-state index contributed by atoms with van der Waals surface area (Å²) in [6.07, 6.45) is 1.60. The number of nitrogens with zero attached hydrogens (tertiary/aromatic N) is 1. The fourth-order valence-electron chi connectivity index (χ4n) is 0.362. The van der Waals surface area contributed by atoms with Gasteiger partial charge in [0, 0.05) is 6.20 Å². The Labute approximate surface area is 71.7 Å². The molecule has 1 rings (SSSR count). The summed E-state index contributed by atoms with van der Waals surface area (Å²) in [5.74, 6) is 0. The molecule has 0 bridgehead atoms. The minimum absolute atomic E-state index is 0.646. The Hall–Kier alpha value is 0.500. The van der Waals surface area contributed by atoms with Crippen molar-refractivity contribution in [2.24, 2.45) is 0 Å². The van der Waals surface area contributed by atoms with Gasteiger partial charge in [0.2, 0.25) is 3.79 Å². The van der Waals surface area contributed by atoms with Crippen LogP contribution in [0.5, 0.6) is 0 Å². The monoisotopic (exact) mass is 201 g/mol. The minimum Gasteiger partial charge on any atom is -0.201 e. The van der Waals surface area contributed by atoms with E-state index in [2.05, 4.69) is 4.37 Å². The summed E-state index contributed by atoms with van der Waals surface area (Å²) < 4.78 is 2.47. The zero-order chi connectivity index (χ0) is 6.91. The first-order chi connectivity index (χ1) is 4.11. The van der Waals surface area contributed by atoms with Crippen LogP contribution in [0.4, 0.5) is 0 Å². The quantitative estimate of drug-likeness (QED) is 0.590. The van der Waals surface area contributed by atoms with Gasteiger partial charge in [0.05, 0.1) is 4.88 Å². The standard InChI is InChI=1S/C4H2Cl3NS/c5-4(6,7)3-1-2-8-9-3/h1-2H. The maximum Gasteiger partial charge on any atom is 0.226 e. The lowest BCUT2D eigenvalue weighted by Crippen LogP contribution is -1.94. The van der Waals surface area contributed by atoms with Crippen LogP contribution in [0.1, 0.15) is 4.88 Å². The highest BCUT2D eigenvalue weighted by molar-refractivity contribution is 7.07. The molecule has 0 radical (unpaired) electrons. The average Bonchev–Trinajstić information content (AvgIpc) is 2.08. The molecule has 0 unspecified atom stereocenters. The van der Waals surface area contributed by atoms with Crippen molar-refractivity contribution in [3.8, 4) is 0 Å². The Bertz CT molecular complexity index is 178. The van der Waals surface area contributed by atoms with Crippen LogP contribution >= 0.6 is 46.3 Å². The van der Waals surface area contributed by atoms with Crippen molar-refractivity contribution in [3.63, 3.8) is 0 Å². The summed E-state index contributed by atoms with van der Waals surface area (Å²) in [6.45, 7) is 0. The Morgan fingerprint density at radius 2 is 2.11 bits per heavy atom. The molecule has 0 fully saturated rings. The van der Waals surface area contributed by atoms with Crippen molar-refractivity contribution >= 4 is 46.3 Å². The fraction of sp³-hybridized carbons (Fsp3) is 0.250. The summed E-state index contributed by atoms with van der Waals surface area (Å²) in [4.78, 5) is 0.646. The van der Waals surface area contributed by atoms with Crippen LogP contribution in [0, 0.1) is 0 Å². The first-order valence-electron chi connectivity index (χ1n) is 2.08. The van der Waals surface area contributed by atoms with Crippen LogP contribution in [0.3, 0.4) is 0 Å². The number of halogens is 3. The zero-order valence-corrected chi connectivity index (χ0v) is 7.23. The van der Waals surface area contributed by atoms with Crippen molar-refractivity contribution in [1.29, 1.82) is 0 Å². The van der Waals surface area contributed by atoms with Gasteiger partial charge in [-0.05, 0) is 17.6 Å². The Balaban J connectivity index is 2.90. The topological polar surface area (TPSA) is 12.9 Å². The van der Waals surface area contributed by atoms with Gasteiger partial charge in [0.1, 0.15) is 0 Å². The van der Waals surface area contributed by atoms with Crippen LogP contribution in [-0.4, -0.2) is 4.37 Å². The number of hydrogen-bond donors (Lipinski definition) is 0. The average molecular weight is 202 g/mol. The third-order valence-corrected chi connectivity index (χ3v) is 2.53. The van der Waals surface area contributed by atoms with E-state index in [1.54, 1.807) is 12.3 Å². The molecule has 1 nitrogen and oxygen atoms in total. The van der Waals surface area contributed by atoms with E-state index in [1.807, 2.05) is 0 Å². The summed E-state index contributed by atoms with van der Waals surface area (Å²) in [6, 6.07) is 1.68. The van der Waals surface area contributed by atoms with Crippen molar-refractivity contribution < 1.29 is 0 Å². The Morgan fingerprint density at radius 1 is 1.44 bits per heavy atom. The van der Waals surface area contributed by atoms with E-state index in [0.717, 1.165) is 0 Å². The van der Waals surface area contributed by atoms with Crippen LogP contribution < -0.4 is 0 Å². The lowest BCUT2D eigenvalue weighted by molar-refractivity contribution is 1.32. The van der Waals surface area contributed by atoms with Crippen LogP contribution in [-0.2, 0) is 3.79 Å². The first-order valence-corrected chi connectivity index (χ1v) is 3.99. The van der Waals surface area contributed by atoms with Crippen LogP contribution in [0.15, 0.2) is 12.3 Å².